The van der Waals surface area contributed by atoms with E-state index in [1.54, 1.807) is 0 Å². The van der Waals surface area contributed by atoms with Gasteiger partial charge in [0.05, 0.1) is 31.9 Å². The normalized spacial score (nSPS) is 18.4. The van der Waals surface area contributed by atoms with Crippen molar-refractivity contribution in [1.29, 1.82) is 0 Å². The summed E-state index contributed by atoms with van der Waals surface area (Å²) in [6.07, 6.45) is -5.23. The molecular formula is C25H26F2N4O8. The largest absolute Gasteiger partial charge is 0.463 e. The Morgan fingerprint density at radius 3 is 2.44 bits per heavy atom. The van der Waals surface area contributed by atoms with Crippen LogP contribution < -0.4 is 10.2 Å². The van der Waals surface area contributed by atoms with Crippen LogP contribution in [-0.2, 0) is 25.6 Å². The highest BCUT2D eigenvalue weighted by atomic mass is 19.2. The summed E-state index contributed by atoms with van der Waals surface area (Å²) < 4.78 is 38.4. The maximum atomic E-state index is 14.5. The third-order valence-electron chi connectivity index (χ3n) is 6.22. The van der Waals surface area contributed by atoms with E-state index in [1.165, 1.54) is 46.2 Å². The maximum Gasteiger partial charge on any atom is 0.435 e. The summed E-state index contributed by atoms with van der Waals surface area (Å²) in [5, 5.41) is 21.2. The van der Waals surface area contributed by atoms with Crippen LogP contribution in [0.5, 0.6) is 0 Å². The summed E-state index contributed by atoms with van der Waals surface area (Å²) in [5.41, 5.74) is 0.503. The number of hydrogen-bond acceptors (Lipinski definition) is 7. The number of amides is 4. The van der Waals surface area contributed by atoms with E-state index in [0.29, 0.717) is 31.9 Å². The number of carboxylic acid groups (broad SMARTS) is 1. The number of aliphatic hydroxyl groups excluding tert-OH is 1. The van der Waals surface area contributed by atoms with Crippen molar-refractivity contribution in [2.24, 2.45) is 0 Å². The van der Waals surface area contributed by atoms with Gasteiger partial charge in [-0.25, -0.2) is 9.18 Å². The van der Waals surface area contributed by atoms with Crippen molar-refractivity contribution in [1.82, 2.24) is 10.0 Å². The fourth-order valence-electron chi connectivity index (χ4n) is 4.15. The first-order valence-electron chi connectivity index (χ1n) is 12.0. The van der Waals surface area contributed by atoms with Crippen molar-refractivity contribution >= 4 is 35.2 Å². The zero-order valence-electron chi connectivity index (χ0n) is 20.6. The van der Waals surface area contributed by atoms with Crippen molar-refractivity contribution in [3.8, 4) is 0 Å². The fourth-order valence-corrected chi connectivity index (χ4v) is 4.15. The number of carbonyl (C=O) groups excluding carboxylic acids is 3. The van der Waals surface area contributed by atoms with Gasteiger partial charge in [-0.1, -0.05) is 16.6 Å². The van der Waals surface area contributed by atoms with E-state index in [-0.39, 0.29) is 30.1 Å². The summed E-state index contributed by atoms with van der Waals surface area (Å²) in [6.45, 7) is 0.773. The Morgan fingerprint density at radius 2 is 1.77 bits per heavy atom. The lowest BCUT2D eigenvalue weighted by molar-refractivity contribution is -0.150. The quantitative estimate of drug-likeness (QED) is 0.440. The van der Waals surface area contributed by atoms with Crippen molar-refractivity contribution in [2.45, 2.75) is 18.8 Å². The molecule has 4 amide bonds. The number of hydrogen-bond donors (Lipinski definition) is 3. The zero-order valence-corrected chi connectivity index (χ0v) is 20.6. The minimum Gasteiger partial charge on any atom is -0.463 e. The number of morpholine rings is 2. The molecule has 0 aliphatic carbocycles. The second kappa shape index (κ2) is 12.1. The maximum absolute atomic E-state index is 14.5. The first kappa shape index (κ1) is 27.9. The van der Waals surface area contributed by atoms with Gasteiger partial charge >= 0.3 is 6.09 Å². The average Bonchev–Trinajstić information content (AvgIpc) is 2.94. The van der Waals surface area contributed by atoms with Gasteiger partial charge in [-0.15, -0.1) is 5.12 Å². The third-order valence-corrected chi connectivity index (χ3v) is 6.22. The van der Waals surface area contributed by atoms with Gasteiger partial charge in [0.15, 0.2) is 12.2 Å². The molecule has 12 nitrogen and oxygen atoms in total. The average molecular weight is 548 g/mol. The highest BCUT2D eigenvalue weighted by Crippen LogP contribution is 2.25. The van der Waals surface area contributed by atoms with E-state index in [1.807, 2.05) is 0 Å². The molecule has 39 heavy (non-hydrogen) atoms. The first-order chi connectivity index (χ1) is 18.7. The van der Waals surface area contributed by atoms with E-state index >= 15 is 0 Å². The molecule has 0 saturated carbocycles. The zero-order chi connectivity index (χ0) is 28.1. The molecule has 4 rings (SSSR count). The van der Waals surface area contributed by atoms with Crippen LogP contribution in [0.4, 0.5) is 25.0 Å². The summed E-state index contributed by atoms with van der Waals surface area (Å²) >= 11 is 0. The molecule has 208 valence electrons. The smallest absolute Gasteiger partial charge is 0.435 e. The van der Waals surface area contributed by atoms with E-state index < -0.39 is 53.5 Å². The standard InChI is InChI=1S/C25H26F2N4O8/c26-19-6-5-17(13-18(19)23(34)29-7-10-38-11-8-29)30-9-12-39-21(24(30)35)20(32)22(33)28-16-3-1-15(2-4-16)14-31(27)25(36)37/h1-6,13,20-21,32H,7-12,14H2,(H,28,33)(H,36,37). The van der Waals surface area contributed by atoms with Gasteiger partial charge < -0.3 is 34.8 Å². The Balaban J connectivity index is 1.43. The van der Waals surface area contributed by atoms with Crippen molar-refractivity contribution in [2.75, 3.05) is 49.7 Å². The number of ether oxygens (including phenoxy) is 2. The molecule has 0 radical (unpaired) electrons. The molecule has 0 bridgehead atoms. The first-order valence-corrected chi connectivity index (χ1v) is 12.0. The molecular weight excluding hydrogens is 522 g/mol. The summed E-state index contributed by atoms with van der Waals surface area (Å²) in [5.74, 6) is -3.00. The number of carbonyl (C=O) groups is 4. The second-order valence-electron chi connectivity index (χ2n) is 8.78. The van der Waals surface area contributed by atoms with E-state index in [4.69, 9.17) is 14.6 Å². The molecule has 2 atom stereocenters. The van der Waals surface area contributed by atoms with Crippen LogP contribution >= 0.6 is 0 Å². The lowest BCUT2D eigenvalue weighted by atomic mass is 10.1. The predicted octanol–water partition coefficient (Wildman–Crippen LogP) is 1.39. The molecule has 2 fully saturated rings. The molecule has 2 aliphatic heterocycles. The number of nitrogens with zero attached hydrogens (tertiary/aromatic N) is 3. The van der Waals surface area contributed by atoms with Crippen LogP contribution in [0.1, 0.15) is 15.9 Å². The van der Waals surface area contributed by atoms with Crippen LogP contribution in [0.25, 0.3) is 0 Å². The summed E-state index contributed by atoms with van der Waals surface area (Å²) in [7, 11) is 0. The van der Waals surface area contributed by atoms with Gasteiger partial charge in [-0.2, -0.15) is 0 Å². The topological polar surface area (TPSA) is 149 Å². The molecule has 3 N–H and O–H groups in total. The Labute approximate surface area is 221 Å². The third kappa shape index (κ3) is 6.47. The number of nitrogens with one attached hydrogen (secondary N) is 1. The molecule has 14 heteroatoms. The Kier molecular flexibility index (Phi) is 8.69. The Bertz CT molecular complexity index is 1240. The monoisotopic (exact) mass is 548 g/mol. The van der Waals surface area contributed by atoms with Crippen LogP contribution in [0.15, 0.2) is 42.5 Å². The second-order valence-corrected chi connectivity index (χ2v) is 8.78. The molecule has 0 aromatic heterocycles. The van der Waals surface area contributed by atoms with Gasteiger partial charge in [0, 0.05) is 31.0 Å². The Morgan fingerprint density at radius 1 is 1.08 bits per heavy atom. The minimum absolute atomic E-state index is 0.0388. The van der Waals surface area contributed by atoms with Gasteiger partial charge in [-0.05, 0) is 35.9 Å². The van der Waals surface area contributed by atoms with Crippen LogP contribution in [0, 0.1) is 5.82 Å². The molecule has 2 aromatic rings. The molecule has 2 aliphatic rings. The highest BCUT2D eigenvalue weighted by Gasteiger charge is 2.39. The van der Waals surface area contributed by atoms with E-state index in [0.717, 1.165) is 6.07 Å². The van der Waals surface area contributed by atoms with Crippen molar-refractivity contribution in [3.63, 3.8) is 0 Å². The van der Waals surface area contributed by atoms with Gasteiger partial charge in [0.1, 0.15) is 5.82 Å². The SMILES string of the molecule is O=C(Nc1ccc(CN(F)C(=O)O)cc1)C(O)C1OCCN(c2ccc(F)c(C(=O)N3CCOCC3)c2)C1=O. The van der Waals surface area contributed by atoms with Crippen LogP contribution in [0.2, 0.25) is 0 Å². The number of anilines is 2. The number of benzene rings is 2. The summed E-state index contributed by atoms with van der Waals surface area (Å²) in [4.78, 5) is 51.9. The fraction of sp³-hybridized carbons (Fsp3) is 0.360. The van der Waals surface area contributed by atoms with Crippen molar-refractivity contribution < 1.29 is 47.7 Å². The van der Waals surface area contributed by atoms with E-state index in [2.05, 4.69) is 5.32 Å². The van der Waals surface area contributed by atoms with Crippen LogP contribution in [0.3, 0.4) is 0 Å². The van der Waals surface area contributed by atoms with Gasteiger partial charge in [0.2, 0.25) is 0 Å². The molecule has 2 heterocycles. The molecule has 2 aromatic carbocycles. The lowest BCUT2D eigenvalue weighted by Gasteiger charge is -2.34. The predicted molar refractivity (Wildman–Crippen MR) is 131 cm³/mol. The minimum atomic E-state index is -1.91. The molecule has 0 spiro atoms. The number of aliphatic hydroxyl groups is 1. The van der Waals surface area contributed by atoms with E-state index in [9.17, 15) is 33.2 Å². The number of rotatable bonds is 7. The summed E-state index contributed by atoms with van der Waals surface area (Å²) in [6, 6.07) is 9.16. The van der Waals surface area contributed by atoms with Gasteiger partial charge in [-0.3, -0.25) is 14.4 Å². The Hall–Kier alpha value is -4.14. The van der Waals surface area contributed by atoms with Crippen molar-refractivity contribution in [3.05, 3.63) is 59.4 Å². The molecule has 2 saturated heterocycles. The van der Waals surface area contributed by atoms with Gasteiger partial charge in [0.25, 0.3) is 17.7 Å². The highest BCUT2D eigenvalue weighted by molar-refractivity contribution is 6.04. The van der Waals surface area contributed by atoms with Crippen LogP contribution in [-0.4, -0.2) is 95.7 Å². The lowest BCUT2D eigenvalue weighted by Crippen LogP contribution is -2.55. The molecule has 2 unspecified atom stereocenters. The number of halogens is 2.